The summed E-state index contributed by atoms with van der Waals surface area (Å²) in [4.78, 5) is 24.1. The molecule has 0 saturated heterocycles. The molecule has 0 aromatic carbocycles. The van der Waals surface area contributed by atoms with Crippen molar-refractivity contribution >= 4 is 11.6 Å². The standard InChI is InChI=1S/C21H28O2/c1-13(22)20(2)11-9-19-18-6-4-14-12-15(23)5-7-16(14)17(18)8-10-21(19,20)3/h12,18-19H,4-11H2,1-3H3/t18-,19-,20+,21+/m1/s1. The van der Waals surface area contributed by atoms with Crippen LogP contribution in [0.1, 0.15) is 72.1 Å². The first-order chi connectivity index (χ1) is 10.9. The number of hydrogen-bond acceptors (Lipinski definition) is 2. The fourth-order valence-corrected chi connectivity index (χ4v) is 6.38. The Kier molecular flexibility index (Phi) is 3.28. The molecule has 0 bridgehead atoms. The molecule has 4 aliphatic rings. The van der Waals surface area contributed by atoms with Gasteiger partial charge in [0, 0.05) is 11.8 Å². The predicted octanol–water partition coefficient (Wildman–Crippen LogP) is 4.79. The van der Waals surface area contributed by atoms with E-state index in [1.54, 1.807) is 12.5 Å². The molecule has 2 fully saturated rings. The Bertz CT molecular complexity index is 653. The Morgan fingerprint density at radius 2 is 1.87 bits per heavy atom. The van der Waals surface area contributed by atoms with Gasteiger partial charge in [-0.2, -0.15) is 0 Å². The Morgan fingerprint density at radius 1 is 1.09 bits per heavy atom. The van der Waals surface area contributed by atoms with Gasteiger partial charge in [-0.05, 0) is 86.3 Å². The summed E-state index contributed by atoms with van der Waals surface area (Å²) in [6.07, 6.45) is 10.4. The minimum atomic E-state index is -0.132. The number of hydrogen-bond donors (Lipinski definition) is 0. The van der Waals surface area contributed by atoms with Gasteiger partial charge in [-0.25, -0.2) is 0 Å². The zero-order chi connectivity index (χ0) is 16.4. The Labute approximate surface area is 139 Å². The van der Waals surface area contributed by atoms with Crippen LogP contribution in [-0.2, 0) is 9.59 Å². The zero-order valence-corrected chi connectivity index (χ0v) is 14.7. The average Bonchev–Trinajstić information content (AvgIpc) is 2.80. The van der Waals surface area contributed by atoms with Crippen molar-refractivity contribution in [1.82, 2.24) is 0 Å². The van der Waals surface area contributed by atoms with Crippen molar-refractivity contribution in [3.8, 4) is 0 Å². The largest absolute Gasteiger partial charge is 0.299 e. The number of carbonyl (C=O) groups is 2. The molecule has 2 nitrogen and oxygen atoms in total. The van der Waals surface area contributed by atoms with E-state index >= 15 is 0 Å². The van der Waals surface area contributed by atoms with Gasteiger partial charge in [0.05, 0.1) is 0 Å². The molecular formula is C21H28O2. The number of allylic oxidation sites excluding steroid dienone is 4. The normalized spacial score (nSPS) is 42.7. The molecule has 4 atom stereocenters. The molecule has 0 aromatic heterocycles. The van der Waals surface area contributed by atoms with Gasteiger partial charge in [-0.3, -0.25) is 9.59 Å². The minimum absolute atomic E-state index is 0.132. The van der Waals surface area contributed by atoms with Gasteiger partial charge < -0.3 is 0 Å². The maximum atomic E-state index is 12.4. The predicted molar refractivity (Wildman–Crippen MR) is 90.9 cm³/mol. The van der Waals surface area contributed by atoms with Crippen molar-refractivity contribution < 1.29 is 9.59 Å². The second-order valence-corrected chi connectivity index (χ2v) is 8.74. The molecule has 0 aliphatic heterocycles. The number of carbonyl (C=O) groups excluding carboxylic acids is 2. The quantitative estimate of drug-likeness (QED) is 0.697. The van der Waals surface area contributed by atoms with Crippen molar-refractivity contribution in [3.63, 3.8) is 0 Å². The summed E-state index contributed by atoms with van der Waals surface area (Å²) in [5.41, 5.74) is 4.55. The second kappa shape index (κ2) is 4.91. The molecule has 0 aromatic rings. The number of Topliss-reactive ketones (excluding diaryl/α,β-unsaturated/α-hetero) is 1. The van der Waals surface area contributed by atoms with E-state index in [0.717, 1.165) is 32.1 Å². The fraction of sp³-hybridized carbons (Fsp3) is 0.714. The van der Waals surface area contributed by atoms with Crippen LogP contribution in [0.5, 0.6) is 0 Å². The van der Waals surface area contributed by atoms with Crippen LogP contribution in [0.4, 0.5) is 0 Å². The van der Waals surface area contributed by atoms with E-state index in [1.165, 1.54) is 24.0 Å². The second-order valence-electron chi connectivity index (χ2n) is 8.74. The highest BCUT2D eigenvalue weighted by Crippen LogP contribution is 2.66. The summed E-state index contributed by atoms with van der Waals surface area (Å²) in [7, 11) is 0. The molecule has 0 spiro atoms. The SMILES string of the molecule is CC(=O)[C@]1(C)CC[C@@H]2[C@@H]3CCC4=CC(=O)CCC4=C3CC[C@@]21C. The van der Waals surface area contributed by atoms with E-state index in [0.29, 0.717) is 29.8 Å². The molecule has 4 rings (SSSR count). The highest BCUT2D eigenvalue weighted by Gasteiger charge is 2.60. The Morgan fingerprint density at radius 3 is 2.61 bits per heavy atom. The van der Waals surface area contributed by atoms with Crippen molar-refractivity contribution in [3.05, 3.63) is 22.8 Å². The van der Waals surface area contributed by atoms with Crippen LogP contribution >= 0.6 is 0 Å². The summed E-state index contributed by atoms with van der Waals surface area (Å²) >= 11 is 0. The van der Waals surface area contributed by atoms with E-state index < -0.39 is 0 Å². The molecule has 124 valence electrons. The molecule has 0 N–H and O–H groups in total. The average molecular weight is 312 g/mol. The summed E-state index contributed by atoms with van der Waals surface area (Å²) in [5.74, 6) is 2.02. The Hall–Kier alpha value is -1.18. The van der Waals surface area contributed by atoms with Crippen LogP contribution in [0.15, 0.2) is 22.8 Å². The van der Waals surface area contributed by atoms with Crippen LogP contribution in [-0.4, -0.2) is 11.6 Å². The molecule has 0 radical (unpaired) electrons. The van der Waals surface area contributed by atoms with E-state index in [-0.39, 0.29) is 10.8 Å². The van der Waals surface area contributed by atoms with Gasteiger partial charge in [0.25, 0.3) is 0 Å². The number of ketones is 2. The summed E-state index contributed by atoms with van der Waals surface area (Å²) in [6.45, 7) is 6.42. The van der Waals surface area contributed by atoms with E-state index in [4.69, 9.17) is 0 Å². The van der Waals surface area contributed by atoms with Gasteiger partial charge in [0.1, 0.15) is 5.78 Å². The highest BCUT2D eigenvalue weighted by molar-refractivity contribution is 5.93. The molecule has 0 amide bonds. The van der Waals surface area contributed by atoms with E-state index in [1.807, 2.05) is 6.08 Å². The van der Waals surface area contributed by atoms with Crippen molar-refractivity contribution in [2.45, 2.75) is 72.1 Å². The first-order valence-corrected chi connectivity index (χ1v) is 9.33. The van der Waals surface area contributed by atoms with Crippen LogP contribution in [0.3, 0.4) is 0 Å². The van der Waals surface area contributed by atoms with E-state index in [9.17, 15) is 9.59 Å². The molecule has 2 saturated carbocycles. The van der Waals surface area contributed by atoms with Gasteiger partial charge in [-0.15, -0.1) is 0 Å². The lowest BCUT2D eigenvalue weighted by molar-refractivity contribution is -0.134. The van der Waals surface area contributed by atoms with Gasteiger partial charge in [0.2, 0.25) is 0 Å². The zero-order valence-electron chi connectivity index (χ0n) is 14.7. The Balaban J connectivity index is 1.74. The first kappa shape index (κ1) is 15.4. The summed E-state index contributed by atoms with van der Waals surface area (Å²) in [6, 6.07) is 0. The van der Waals surface area contributed by atoms with Gasteiger partial charge >= 0.3 is 0 Å². The minimum Gasteiger partial charge on any atom is -0.299 e. The summed E-state index contributed by atoms with van der Waals surface area (Å²) in [5, 5.41) is 0. The van der Waals surface area contributed by atoms with E-state index in [2.05, 4.69) is 13.8 Å². The lowest BCUT2D eigenvalue weighted by Gasteiger charge is -2.52. The van der Waals surface area contributed by atoms with Gasteiger partial charge in [-0.1, -0.05) is 19.4 Å². The molecule has 0 heterocycles. The molecular weight excluding hydrogens is 284 g/mol. The third-order valence-corrected chi connectivity index (χ3v) is 8.11. The molecule has 2 heteroatoms. The smallest absolute Gasteiger partial charge is 0.156 e. The van der Waals surface area contributed by atoms with Crippen molar-refractivity contribution in [2.24, 2.45) is 22.7 Å². The van der Waals surface area contributed by atoms with Gasteiger partial charge in [0.15, 0.2) is 5.78 Å². The van der Waals surface area contributed by atoms with Crippen LogP contribution in [0, 0.1) is 22.7 Å². The molecule has 0 unspecified atom stereocenters. The number of fused-ring (bicyclic) bond motifs is 4. The third-order valence-electron chi connectivity index (χ3n) is 8.11. The molecule has 23 heavy (non-hydrogen) atoms. The maximum Gasteiger partial charge on any atom is 0.156 e. The lowest BCUT2D eigenvalue weighted by Crippen LogP contribution is -2.47. The fourth-order valence-electron chi connectivity index (χ4n) is 6.38. The third kappa shape index (κ3) is 1.93. The lowest BCUT2D eigenvalue weighted by atomic mass is 9.52. The monoisotopic (exact) mass is 312 g/mol. The van der Waals surface area contributed by atoms with Crippen LogP contribution in [0.25, 0.3) is 0 Å². The van der Waals surface area contributed by atoms with Crippen molar-refractivity contribution in [2.75, 3.05) is 0 Å². The maximum absolute atomic E-state index is 12.4. The van der Waals surface area contributed by atoms with Crippen molar-refractivity contribution in [1.29, 1.82) is 0 Å². The van der Waals surface area contributed by atoms with Crippen LogP contribution in [0.2, 0.25) is 0 Å². The highest BCUT2D eigenvalue weighted by atomic mass is 16.1. The number of rotatable bonds is 1. The summed E-state index contributed by atoms with van der Waals surface area (Å²) < 4.78 is 0. The topological polar surface area (TPSA) is 34.1 Å². The first-order valence-electron chi connectivity index (χ1n) is 9.33. The van der Waals surface area contributed by atoms with Crippen LogP contribution < -0.4 is 0 Å². The molecule has 4 aliphatic carbocycles.